The summed E-state index contributed by atoms with van der Waals surface area (Å²) in [4.78, 5) is 18.3. The number of rotatable bonds is 2. The molecule has 2 aliphatic rings. The van der Waals surface area contributed by atoms with Crippen molar-refractivity contribution in [3.8, 4) is 0 Å². The minimum atomic E-state index is 0.0812. The number of hydrogen-bond donors (Lipinski definition) is 0. The van der Waals surface area contributed by atoms with Crippen molar-refractivity contribution in [1.82, 2.24) is 4.90 Å². The minimum absolute atomic E-state index is 0.0812. The maximum Gasteiger partial charge on any atom is 0.173 e. The van der Waals surface area contributed by atoms with Crippen molar-refractivity contribution in [3.05, 3.63) is 51.5 Å². The number of halogens is 1. The Labute approximate surface area is 127 Å². The topological polar surface area (TPSA) is 32.7 Å². The largest absolute Gasteiger partial charge is 0.315 e. The van der Waals surface area contributed by atoms with Crippen LogP contribution in [0.2, 0.25) is 5.02 Å². The summed E-state index contributed by atoms with van der Waals surface area (Å²) < 4.78 is 0. The van der Waals surface area contributed by atoms with Crippen LogP contribution >= 0.6 is 23.4 Å². The van der Waals surface area contributed by atoms with Gasteiger partial charge in [-0.3, -0.25) is 4.79 Å². The van der Waals surface area contributed by atoms with Crippen molar-refractivity contribution >= 4 is 40.0 Å². The lowest BCUT2D eigenvalue weighted by Gasteiger charge is -2.27. The van der Waals surface area contributed by atoms with Gasteiger partial charge in [0.15, 0.2) is 11.0 Å². The Morgan fingerprint density at radius 1 is 1.35 bits per heavy atom. The highest BCUT2D eigenvalue weighted by atomic mass is 35.5. The number of nitrogens with zero attached hydrogens (tertiary/aromatic N) is 2. The summed E-state index contributed by atoms with van der Waals surface area (Å²) >= 11 is 7.51. The molecule has 20 heavy (non-hydrogen) atoms. The second kappa shape index (κ2) is 5.11. The lowest BCUT2D eigenvalue weighted by atomic mass is 10.1. The Hall–Kier alpha value is -1.52. The molecule has 0 bridgehead atoms. The molecule has 2 heterocycles. The summed E-state index contributed by atoms with van der Waals surface area (Å²) in [5.41, 5.74) is 3.74. The number of thioether (sulfide) groups is 1. The predicted octanol–water partition coefficient (Wildman–Crippen LogP) is 3.92. The quantitative estimate of drug-likeness (QED) is 0.830. The standard InChI is InChI=1S/C15H13ClN2OS/c1-9-13(10(2)19)7-18-14(8-20-15(18)17-9)11-3-5-12(16)6-4-11/h3-6,8H,7H2,1-2H3. The first-order valence-corrected chi connectivity index (χ1v) is 7.51. The van der Waals surface area contributed by atoms with E-state index in [2.05, 4.69) is 15.3 Å². The number of carbonyl (C=O) groups excluding carboxylic acids is 1. The summed E-state index contributed by atoms with van der Waals surface area (Å²) in [5, 5.41) is 3.71. The average Bonchev–Trinajstić information content (AvgIpc) is 2.81. The first-order chi connectivity index (χ1) is 9.56. The van der Waals surface area contributed by atoms with Gasteiger partial charge in [-0.1, -0.05) is 35.5 Å². The number of ketones is 1. The van der Waals surface area contributed by atoms with Gasteiger partial charge < -0.3 is 4.90 Å². The van der Waals surface area contributed by atoms with Crippen molar-refractivity contribution in [1.29, 1.82) is 0 Å². The molecule has 5 heteroatoms. The molecule has 0 fully saturated rings. The molecule has 102 valence electrons. The third kappa shape index (κ3) is 2.30. The number of hydrogen-bond acceptors (Lipinski definition) is 4. The monoisotopic (exact) mass is 304 g/mol. The van der Waals surface area contributed by atoms with Crippen molar-refractivity contribution in [2.75, 3.05) is 6.54 Å². The van der Waals surface area contributed by atoms with E-state index in [9.17, 15) is 4.79 Å². The van der Waals surface area contributed by atoms with Crippen LogP contribution in [0, 0.1) is 0 Å². The van der Waals surface area contributed by atoms with Crippen molar-refractivity contribution in [3.63, 3.8) is 0 Å². The molecule has 0 saturated carbocycles. The average molecular weight is 305 g/mol. The van der Waals surface area contributed by atoms with Crippen LogP contribution in [0.4, 0.5) is 0 Å². The fourth-order valence-corrected chi connectivity index (χ4v) is 3.36. The first-order valence-electron chi connectivity index (χ1n) is 6.26. The van der Waals surface area contributed by atoms with Crippen LogP contribution in [0.25, 0.3) is 5.70 Å². The van der Waals surface area contributed by atoms with Crippen LogP contribution in [0.1, 0.15) is 19.4 Å². The van der Waals surface area contributed by atoms with Gasteiger partial charge in [-0.15, -0.1) is 0 Å². The number of carbonyl (C=O) groups is 1. The maximum atomic E-state index is 11.7. The number of allylic oxidation sites excluding steroid dienone is 1. The molecule has 1 aromatic carbocycles. The number of Topliss-reactive ketones (excluding diaryl/α,β-unsaturated/α-hetero) is 1. The molecule has 0 aliphatic carbocycles. The number of fused-ring (bicyclic) bond motifs is 1. The van der Waals surface area contributed by atoms with E-state index in [-0.39, 0.29) is 5.78 Å². The molecular weight excluding hydrogens is 292 g/mol. The molecule has 0 radical (unpaired) electrons. The van der Waals surface area contributed by atoms with Crippen molar-refractivity contribution < 1.29 is 4.79 Å². The van der Waals surface area contributed by atoms with E-state index in [0.29, 0.717) is 11.6 Å². The fourth-order valence-electron chi connectivity index (χ4n) is 2.27. The van der Waals surface area contributed by atoms with Crippen LogP contribution in [0.5, 0.6) is 0 Å². The van der Waals surface area contributed by atoms with Gasteiger partial charge in [-0.2, -0.15) is 0 Å². The van der Waals surface area contributed by atoms with Gasteiger partial charge in [-0.05, 0) is 31.5 Å². The van der Waals surface area contributed by atoms with Gasteiger partial charge in [0.2, 0.25) is 0 Å². The van der Waals surface area contributed by atoms with E-state index >= 15 is 0 Å². The van der Waals surface area contributed by atoms with E-state index in [1.165, 1.54) is 0 Å². The Balaban J connectivity index is 1.94. The molecule has 0 spiro atoms. The molecular formula is C15H13ClN2OS. The smallest absolute Gasteiger partial charge is 0.173 e. The molecule has 0 atom stereocenters. The maximum absolute atomic E-state index is 11.7. The minimum Gasteiger partial charge on any atom is -0.315 e. The van der Waals surface area contributed by atoms with Gasteiger partial charge in [0.05, 0.1) is 12.2 Å². The molecule has 3 rings (SSSR count). The van der Waals surface area contributed by atoms with Gasteiger partial charge >= 0.3 is 0 Å². The fraction of sp³-hybridized carbons (Fsp3) is 0.200. The van der Waals surface area contributed by atoms with Crippen molar-refractivity contribution in [2.24, 2.45) is 4.99 Å². The molecule has 1 aromatic rings. The summed E-state index contributed by atoms with van der Waals surface area (Å²) in [6, 6.07) is 7.70. The third-order valence-electron chi connectivity index (χ3n) is 3.38. The molecule has 0 N–H and O–H groups in total. The van der Waals surface area contributed by atoms with E-state index < -0.39 is 0 Å². The van der Waals surface area contributed by atoms with Crippen LogP contribution < -0.4 is 0 Å². The number of aliphatic imine (C=N–C) groups is 1. The molecule has 0 saturated heterocycles. The summed E-state index contributed by atoms with van der Waals surface area (Å²) in [5.74, 6) is 0.0812. The van der Waals surface area contributed by atoms with Crippen LogP contribution in [-0.4, -0.2) is 22.4 Å². The molecule has 3 nitrogen and oxygen atoms in total. The van der Waals surface area contributed by atoms with E-state index in [1.807, 2.05) is 31.2 Å². The zero-order valence-corrected chi connectivity index (χ0v) is 12.8. The van der Waals surface area contributed by atoms with E-state index in [0.717, 1.165) is 27.7 Å². The Morgan fingerprint density at radius 2 is 2.05 bits per heavy atom. The van der Waals surface area contributed by atoms with E-state index in [4.69, 9.17) is 11.6 Å². The highest BCUT2D eigenvalue weighted by molar-refractivity contribution is 8.16. The molecule has 0 amide bonds. The normalized spacial score (nSPS) is 17.9. The second-order valence-electron chi connectivity index (χ2n) is 4.73. The predicted molar refractivity (Wildman–Crippen MR) is 84.5 cm³/mol. The van der Waals surface area contributed by atoms with Crippen molar-refractivity contribution in [2.45, 2.75) is 13.8 Å². The number of benzene rings is 1. The lowest BCUT2D eigenvalue weighted by Crippen LogP contribution is -2.31. The van der Waals surface area contributed by atoms with Crippen LogP contribution in [-0.2, 0) is 4.79 Å². The lowest BCUT2D eigenvalue weighted by molar-refractivity contribution is -0.113. The zero-order valence-electron chi connectivity index (χ0n) is 11.2. The Bertz CT molecular complexity index is 674. The second-order valence-corrected chi connectivity index (χ2v) is 6.00. The summed E-state index contributed by atoms with van der Waals surface area (Å²) in [6.45, 7) is 4.07. The summed E-state index contributed by atoms with van der Waals surface area (Å²) in [6.07, 6.45) is 0. The Morgan fingerprint density at radius 3 is 2.70 bits per heavy atom. The highest BCUT2D eigenvalue weighted by Gasteiger charge is 2.29. The molecule has 2 aliphatic heterocycles. The molecule has 0 unspecified atom stereocenters. The van der Waals surface area contributed by atoms with Gasteiger partial charge in [0.1, 0.15) is 0 Å². The zero-order chi connectivity index (χ0) is 14.3. The number of amidine groups is 1. The van der Waals surface area contributed by atoms with Gasteiger partial charge in [0, 0.05) is 21.7 Å². The first kappa shape index (κ1) is 13.5. The summed E-state index contributed by atoms with van der Waals surface area (Å²) in [7, 11) is 0. The van der Waals surface area contributed by atoms with E-state index in [1.54, 1.807) is 18.7 Å². The van der Waals surface area contributed by atoms with Crippen LogP contribution in [0.15, 0.2) is 45.9 Å². The highest BCUT2D eigenvalue weighted by Crippen LogP contribution is 2.37. The third-order valence-corrected chi connectivity index (χ3v) is 4.49. The van der Waals surface area contributed by atoms with Gasteiger partial charge in [-0.25, -0.2) is 4.99 Å². The Kier molecular flexibility index (Phi) is 3.44. The van der Waals surface area contributed by atoms with Gasteiger partial charge in [0.25, 0.3) is 0 Å². The van der Waals surface area contributed by atoms with Crippen LogP contribution in [0.3, 0.4) is 0 Å². The SMILES string of the molecule is CC(=O)C1=C(C)N=C2SC=C(c3ccc(Cl)cc3)N2C1. The molecule has 0 aromatic heterocycles.